The van der Waals surface area contributed by atoms with E-state index in [-0.39, 0.29) is 0 Å². The molecule has 8 rings (SSSR count). The molecule has 0 radical (unpaired) electrons. The Morgan fingerprint density at radius 1 is 0.622 bits per heavy atom. The molecule has 8 aromatic rings. The van der Waals surface area contributed by atoms with Crippen molar-refractivity contribution in [1.29, 1.82) is 0 Å². The van der Waals surface area contributed by atoms with E-state index in [1.165, 1.54) is 0 Å². The van der Waals surface area contributed by atoms with Gasteiger partial charge in [0.05, 0.1) is 5.52 Å². The molecule has 0 bridgehead atoms. The molecule has 5 aromatic carbocycles. The van der Waals surface area contributed by atoms with Gasteiger partial charge in [0.2, 0.25) is 0 Å². The molecule has 0 fully saturated rings. The number of nitrogens with zero attached hydrogens (tertiary/aromatic N) is 4. The number of benzene rings is 5. The van der Waals surface area contributed by atoms with Crippen LogP contribution in [0.5, 0.6) is 0 Å². The van der Waals surface area contributed by atoms with Crippen molar-refractivity contribution < 1.29 is 4.42 Å². The average molecular weight is 579 g/mol. The number of furan rings is 1. The molecular weight excluding hydrogens is 552 g/mol. The number of fused-ring (bicyclic) bond motifs is 6. The van der Waals surface area contributed by atoms with Crippen molar-refractivity contribution in [2.24, 2.45) is 0 Å². The summed E-state index contributed by atoms with van der Waals surface area (Å²) in [4.78, 5) is 19.3. The summed E-state index contributed by atoms with van der Waals surface area (Å²) in [5, 5.41) is 5.42. The van der Waals surface area contributed by atoms with Crippen LogP contribution in [0.2, 0.25) is 0 Å². The van der Waals surface area contributed by atoms with Crippen molar-refractivity contribution in [2.75, 3.05) is 0 Å². The largest absolute Gasteiger partial charge is 0.456 e. The van der Waals surface area contributed by atoms with Crippen LogP contribution in [0.4, 0.5) is 0 Å². The Hall–Kier alpha value is -6.20. The molecule has 45 heavy (non-hydrogen) atoms. The Morgan fingerprint density at radius 2 is 1.33 bits per heavy atom. The summed E-state index contributed by atoms with van der Waals surface area (Å²) in [5.41, 5.74) is 7.37. The molecule has 0 aliphatic rings. The van der Waals surface area contributed by atoms with E-state index in [9.17, 15) is 0 Å². The summed E-state index contributed by atoms with van der Waals surface area (Å²) in [6.07, 6.45) is 7.14. The lowest BCUT2D eigenvalue weighted by Gasteiger charge is -2.10. The van der Waals surface area contributed by atoms with Gasteiger partial charge >= 0.3 is 0 Å². The Balaban J connectivity index is 1.32. The Bertz CT molecular complexity index is 2470. The standard InChI is InChI=1S/C40H26N4O/c1-3-10-25(4-2)38-42-39(28-11-6-5-7-12-28)44-40(43-38)30-19-21-35-33(24-30)32-23-29(18-20-34(32)45-35)31-15-8-13-26-16-17-27-14-9-22-41-37(27)36(26)31/h3-24H,1-2H2/b25-10+. The second-order valence-corrected chi connectivity index (χ2v) is 10.8. The van der Waals surface area contributed by atoms with Crippen molar-refractivity contribution in [1.82, 2.24) is 19.9 Å². The zero-order valence-electron chi connectivity index (χ0n) is 24.3. The van der Waals surface area contributed by atoms with Crippen LogP contribution >= 0.6 is 0 Å². The fourth-order valence-corrected chi connectivity index (χ4v) is 5.95. The van der Waals surface area contributed by atoms with Crippen LogP contribution in [0.25, 0.3) is 83.1 Å². The first-order chi connectivity index (χ1) is 22.2. The summed E-state index contributed by atoms with van der Waals surface area (Å²) in [5.74, 6) is 1.68. The first-order valence-electron chi connectivity index (χ1n) is 14.7. The molecule has 0 saturated heterocycles. The van der Waals surface area contributed by atoms with Gasteiger partial charge in [-0.3, -0.25) is 4.98 Å². The third kappa shape index (κ3) is 4.58. The lowest BCUT2D eigenvalue weighted by atomic mass is 9.95. The summed E-state index contributed by atoms with van der Waals surface area (Å²) >= 11 is 0. The van der Waals surface area contributed by atoms with Crippen LogP contribution < -0.4 is 0 Å². The van der Waals surface area contributed by atoms with Crippen LogP contribution in [0, 0.1) is 0 Å². The second kappa shape index (κ2) is 10.8. The van der Waals surface area contributed by atoms with Crippen LogP contribution in [0.3, 0.4) is 0 Å². The SMILES string of the molecule is C=C/C=C(\C=C)c1nc(-c2ccccc2)nc(-c2ccc3oc4ccc(-c5cccc6ccc7cccnc7c56)cc4c3c2)n1. The zero-order valence-corrected chi connectivity index (χ0v) is 24.3. The van der Waals surface area contributed by atoms with Gasteiger partial charge in [0.15, 0.2) is 17.5 Å². The van der Waals surface area contributed by atoms with Crippen LogP contribution in [0.15, 0.2) is 151 Å². The van der Waals surface area contributed by atoms with Gasteiger partial charge in [0.25, 0.3) is 0 Å². The number of rotatable bonds is 6. The summed E-state index contributed by atoms with van der Waals surface area (Å²) < 4.78 is 6.30. The number of pyridine rings is 1. The van der Waals surface area contributed by atoms with Crippen LogP contribution in [-0.4, -0.2) is 19.9 Å². The number of allylic oxidation sites excluding steroid dienone is 4. The molecule has 0 aliphatic carbocycles. The van der Waals surface area contributed by atoms with Gasteiger partial charge in [0.1, 0.15) is 11.2 Å². The molecule has 212 valence electrons. The molecule has 3 aromatic heterocycles. The lowest BCUT2D eigenvalue weighted by molar-refractivity contribution is 0.669. The maximum atomic E-state index is 6.30. The fourth-order valence-electron chi connectivity index (χ4n) is 5.95. The quantitative estimate of drug-likeness (QED) is 0.145. The summed E-state index contributed by atoms with van der Waals surface area (Å²) in [6, 6.07) is 37.1. The minimum Gasteiger partial charge on any atom is -0.456 e. The smallest absolute Gasteiger partial charge is 0.164 e. The van der Waals surface area contributed by atoms with Crippen molar-refractivity contribution in [2.45, 2.75) is 0 Å². The number of hydrogen-bond acceptors (Lipinski definition) is 5. The van der Waals surface area contributed by atoms with E-state index in [0.29, 0.717) is 17.5 Å². The lowest BCUT2D eigenvalue weighted by Crippen LogP contribution is -2.02. The Morgan fingerprint density at radius 3 is 2.11 bits per heavy atom. The average Bonchev–Trinajstić information content (AvgIpc) is 3.47. The molecule has 0 saturated carbocycles. The van der Waals surface area contributed by atoms with Crippen molar-refractivity contribution in [3.8, 4) is 33.9 Å². The van der Waals surface area contributed by atoms with E-state index in [1.54, 1.807) is 12.2 Å². The summed E-state index contributed by atoms with van der Waals surface area (Å²) in [7, 11) is 0. The highest BCUT2D eigenvalue weighted by Gasteiger charge is 2.16. The number of aromatic nitrogens is 4. The predicted molar refractivity (Wildman–Crippen MR) is 185 cm³/mol. The van der Waals surface area contributed by atoms with E-state index in [0.717, 1.165) is 71.4 Å². The molecule has 0 aliphatic heterocycles. The maximum Gasteiger partial charge on any atom is 0.164 e. The predicted octanol–water partition coefficient (Wildman–Crippen LogP) is 10.2. The first kappa shape index (κ1) is 26.4. The Labute approximate surface area is 259 Å². The van der Waals surface area contributed by atoms with Crippen molar-refractivity contribution >= 4 is 49.2 Å². The third-order valence-electron chi connectivity index (χ3n) is 8.10. The van der Waals surface area contributed by atoms with Gasteiger partial charge in [-0.1, -0.05) is 104 Å². The van der Waals surface area contributed by atoms with E-state index in [2.05, 4.69) is 67.8 Å². The van der Waals surface area contributed by atoms with Crippen molar-refractivity contribution in [3.05, 3.63) is 153 Å². The highest BCUT2D eigenvalue weighted by molar-refractivity contribution is 6.14. The molecule has 3 heterocycles. The summed E-state index contributed by atoms with van der Waals surface area (Å²) in [6.45, 7) is 7.81. The van der Waals surface area contributed by atoms with Gasteiger partial charge < -0.3 is 4.42 Å². The molecule has 5 nitrogen and oxygen atoms in total. The highest BCUT2D eigenvalue weighted by atomic mass is 16.3. The topological polar surface area (TPSA) is 64.7 Å². The maximum absolute atomic E-state index is 6.30. The van der Waals surface area contributed by atoms with Gasteiger partial charge in [-0.05, 0) is 52.9 Å². The molecule has 5 heteroatoms. The minimum atomic E-state index is 0.532. The molecule has 0 atom stereocenters. The molecule has 0 N–H and O–H groups in total. The van der Waals surface area contributed by atoms with E-state index in [4.69, 9.17) is 24.4 Å². The molecule has 0 spiro atoms. The van der Waals surface area contributed by atoms with Crippen LogP contribution in [0.1, 0.15) is 5.82 Å². The first-order valence-corrected chi connectivity index (χ1v) is 14.7. The molecule has 0 amide bonds. The minimum absolute atomic E-state index is 0.532. The highest BCUT2D eigenvalue weighted by Crippen LogP contribution is 2.38. The van der Waals surface area contributed by atoms with Gasteiger partial charge in [0, 0.05) is 44.4 Å². The van der Waals surface area contributed by atoms with Crippen LogP contribution in [-0.2, 0) is 0 Å². The monoisotopic (exact) mass is 578 g/mol. The van der Waals surface area contributed by atoms with E-state index >= 15 is 0 Å². The van der Waals surface area contributed by atoms with Gasteiger partial charge in [-0.25, -0.2) is 15.0 Å². The fraction of sp³-hybridized carbons (Fsp3) is 0. The van der Waals surface area contributed by atoms with E-state index < -0.39 is 0 Å². The Kier molecular flexibility index (Phi) is 6.35. The number of hydrogen-bond donors (Lipinski definition) is 0. The van der Waals surface area contributed by atoms with Crippen molar-refractivity contribution in [3.63, 3.8) is 0 Å². The van der Waals surface area contributed by atoms with Gasteiger partial charge in [-0.15, -0.1) is 0 Å². The van der Waals surface area contributed by atoms with E-state index in [1.807, 2.05) is 66.9 Å². The molecule has 0 unspecified atom stereocenters. The second-order valence-electron chi connectivity index (χ2n) is 10.8. The van der Waals surface area contributed by atoms with Gasteiger partial charge in [-0.2, -0.15) is 0 Å². The molecular formula is C40H26N4O. The zero-order chi connectivity index (χ0) is 30.3. The third-order valence-corrected chi connectivity index (χ3v) is 8.10. The normalized spacial score (nSPS) is 11.9.